The third kappa shape index (κ3) is 4.62. The van der Waals surface area contributed by atoms with E-state index in [1.165, 1.54) is 38.4 Å². The van der Waals surface area contributed by atoms with Crippen LogP contribution >= 0.6 is 11.6 Å². The highest BCUT2D eigenvalue weighted by molar-refractivity contribution is 7.87. The minimum Gasteiger partial charge on any atom is -0.465 e. The highest BCUT2D eigenvalue weighted by atomic mass is 35.5. The van der Waals surface area contributed by atoms with Gasteiger partial charge in [-0.05, 0) is 42.3 Å². The molecule has 8 nitrogen and oxygen atoms in total. The number of anilines is 1. The van der Waals surface area contributed by atoms with E-state index < -0.39 is 40.0 Å². The number of carbonyl (C=O) groups is 2. The zero-order valence-electron chi connectivity index (χ0n) is 16.1. The smallest absolute Gasteiger partial charge is 0.337 e. The third-order valence-electron chi connectivity index (χ3n) is 4.79. The molecule has 1 fully saturated rings. The minimum atomic E-state index is -3.95. The van der Waals surface area contributed by atoms with E-state index >= 15 is 0 Å². The van der Waals surface area contributed by atoms with Gasteiger partial charge in [0.05, 0.1) is 17.7 Å². The molecule has 2 N–H and O–H groups in total. The molecule has 1 heterocycles. The summed E-state index contributed by atoms with van der Waals surface area (Å²) in [5.74, 6) is -1.73. The summed E-state index contributed by atoms with van der Waals surface area (Å²) < 4.78 is 46.5. The lowest BCUT2D eigenvalue weighted by Gasteiger charge is -2.36. The molecular weight excluding hydrogens is 437 g/mol. The lowest BCUT2D eigenvalue weighted by atomic mass is 9.98. The van der Waals surface area contributed by atoms with Gasteiger partial charge in [-0.3, -0.25) is 4.79 Å². The van der Waals surface area contributed by atoms with Gasteiger partial charge in [0.1, 0.15) is 11.9 Å². The number of rotatable bonds is 4. The van der Waals surface area contributed by atoms with Crippen LogP contribution in [0.25, 0.3) is 0 Å². The average molecular weight is 456 g/mol. The van der Waals surface area contributed by atoms with Gasteiger partial charge in [0.2, 0.25) is 5.91 Å². The zero-order valence-corrected chi connectivity index (χ0v) is 17.6. The molecule has 0 aromatic heterocycles. The first-order valence-corrected chi connectivity index (χ1v) is 10.6. The summed E-state index contributed by atoms with van der Waals surface area (Å²) in [7, 11) is -1.39. The molecule has 1 aliphatic heterocycles. The van der Waals surface area contributed by atoms with Crippen molar-refractivity contribution in [2.75, 3.05) is 19.5 Å². The van der Waals surface area contributed by atoms with Crippen LogP contribution in [0.2, 0.25) is 5.02 Å². The van der Waals surface area contributed by atoms with Crippen LogP contribution < -0.4 is 10.0 Å². The van der Waals surface area contributed by atoms with Crippen molar-refractivity contribution >= 4 is 39.4 Å². The van der Waals surface area contributed by atoms with Crippen molar-refractivity contribution < 1.29 is 27.1 Å². The van der Waals surface area contributed by atoms with Crippen LogP contribution in [0.1, 0.15) is 28.4 Å². The Morgan fingerprint density at radius 1 is 1.23 bits per heavy atom. The number of likely N-dealkylation sites (N-methyl/N-ethyl adjacent to an activating group) is 1. The Labute approximate surface area is 178 Å². The van der Waals surface area contributed by atoms with Crippen molar-refractivity contribution in [3.05, 3.63) is 64.4 Å². The first-order valence-electron chi connectivity index (χ1n) is 8.82. The van der Waals surface area contributed by atoms with E-state index in [0.29, 0.717) is 11.1 Å². The van der Waals surface area contributed by atoms with E-state index in [1.54, 1.807) is 12.1 Å². The summed E-state index contributed by atoms with van der Waals surface area (Å²) in [5.41, 5.74) is 1.15. The Morgan fingerprint density at radius 2 is 1.90 bits per heavy atom. The molecule has 0 bridgehead atoms. The summed E-state index contributed by atoms with van der Waals surface area (Å²) in [6.07, 6.45) is 0.133. The van der Waals surface area contributed by atoms with E-state index in [-0.39, 0.29) is 17.1 Å². The predicted octanol–water partition coefficient (Wildman–Crippen LogP) is 2.48. The molecule has 1 aliphatic rings. The van der Waals surface area contributed by atoms with Crippen molar-refractivity contribution in [2.24, 2.45) is 0 Å². The van der Waals surface area contributed by atoms with E-state index in [4.69, 9.17) is 11.6 Å². The van der Waals surface area contributed by atoms with Crippen molar-refractivity contribution in [3.63, 3.8) is 0 Å². The van der Waals surface area contributed by atoms with Crippen LogP contribution in [-0.2, 0) is 19.7 Å². The number of carbonyl (C=O) groups excluding carboxylic acids is 2. The molecule has 160 valence electrons. The van der Waals surface area contributed by atoms with Gasteiger partial charge in [-0.1, -0.05) is 23.7 Å². The average Bonchev–Trinajstić information content (AvgIpc) is 2.72. The molecule has 0 saturated carbocycles. The Morgan fingerprint density at radius 3 is 2.50 bits per heavy atom. The van der Waals surface area contributed by atoms with Crippen LogP contribution in [-0.4, -0.2) is 44.8 Å². The molecule has 11 heteroatoms. The number of benzene rings is 2. The third-order valence-corrected chi connectivity index (χ3v) is 6.68. The number of ether oxygens (including phenoxy) is 1. The molecule has 1 saturated heterocycles. The summed E-state index contributed by atoms with van der Waals surface area (Å²) >= 11 is 5.73. The standard InChI is InChI=1S/C19H19ClFN3O5S/c1-24-17(18(25)22-13-7-8-15(21)14(20)9-13)10-16(23-30(24,27)28)11-3-5-12(6-4-11)19(26)29-2/h3-9,16-17,23H,10H2,1-2H3,(H,22,25)/t16-,17+/m1/s1. The molecular formula is C19H19ClFN3O5S. The lowest BCUT2D eigenvalue weighted by Crippen LogP contribution is -2.55. The van der Waals surface area contributed by atoms with E-state index in [1.807, 2.05) is 0 Å². The van der Waals surface area contributed by atoms with E-state index in [0.717, 1.165) is 10.4 Å². The maximum absolute atomic E-state index is 13.3. The van der Waals surface area contributed by atoms with Crippen LogP contribution in [0.4, 0.5) is 10.1 Å². The molecule has 2 aromatic rings. The number of nitrogens with one attached hydrogen (secondary N) is 2. The van der Waals surface area contributed by atoms with Gasteiger partial charge >= 0.3 is 5.97 Å². The van der Waals surface area contributed by atoms with E-state index in [2.05, 4.69) is 14.8 Å². The van der Waals surface area contributed by atoms with Crippen molar-refractivity contribution in [3.8, 4) is 0 Å². The molecule has 0 radical (unpaired) electrons. The summed E-state index contributed by atoms with van der Waals surface area (Å²) in [6, 6.07) is 8.19. The normalized spacial score (nSPS) is 21.1. The molecule has 2 atom stereocenters. The topological polar surface area (TPSA) is 105 Å². The van der Waals surface area contributed by atoms with Crippen LogP contribution in [0.3, 0.4) is 0 Å². The fraction of sp³-hybridized carbons (Fsp3) is 0.263. The molecule has 0 unspecified atom stereocenters. The van der Waals surface area contributed by atoms with Crippen LogP contribution in [0.5, 0.6) is 0 Å². The fourth-order valence-corrected chi connectivity index (χ4v) is 4.55. The predicted molar refractivity (Wildman–Crippen MR) is 109 cm³/mol. The second-order valence-electron chi connectivity index (χ2n) is 6.67. The monoisotopic (exact) mass is 455 g/mol. The molecule has 2 aromatic carbocycles. The molecule has 0 spiro atoms. The number of hydrogen-bond donors (Lipinski definition) is 2. The molecule has 30 heavy (non-hydrogen) atoms. The number of esters is 1. The quantitative estimate of drug-likeness (QED) is 0.689. The number of amides is 1. The van der Waals surface area contributed by atoms with Gasteiger partial charge in [-0.25, -0.2) is 9.18 Å². The number of nitrogens with zero attached hydrogens (tertiary/aromatic N) is 1. The van der Waals surface area contributed by atoms with Gasteiger partial charge in [0, 0.05) is 18.8 Å². The first kappa shape index (κ1) is 22.2. The Bertz CT molecular complexity index is 1080. The molecule has 3 rings (SSSR count). The Hall–Kier alpha value is -2.53. The van der Waals surface area contributed by atoms with Gasteiger partial charge < -0.3 is 10.1 Å². The molecule has 1 amide bonds. The van der Waals surface area contributed by atoms with Gasteiger partial charge in [0.15, 0.2) is 0 Å². The zero-order chi connectivity index (χ0) is 22.1. The number of hydrogen-bond acceptors (Lipinski definition) is 5. The summed E-state index contributed by atoms with van der Waals surface area (Å²) in [5, 5.41) is 2.40. The van der Waals surface area contributed by atoms with Crippen molar-refractivity contribution in [1.82, 2.24) is 9.03 Å². The van der Waals surface area contributed by atoms with Crippen LogP contribution in [0.15, 0.2) is 42.5 Å². The number of halogens is 2. The second-order valence-corrected chi connectivity index (χ2v) is 8.84. The first-order chi connectivity index (χ1) is 14.1. The van der Waals surface area contributed by atoms with Crippen molar-refractivity contribution in [1.29, 1.82) is 0 Å². The highest BCUT2D eigenvalue weighted by Gasteiger charge is 2.40. The van der Waals surface area contributed by atoms with Crippen molar-refractivity contribution in [2.45, 2.75) is 18.5 Å². The molecule has 0 aliphatic carbocycles. The van der Waals surface area contributed by atoms with Gasteiger partial charge in [0.25, 0.3) is 10.2 Å². The van der Waals surface area contributed by atoms with E-state index in [9.17, 15) is 22.4 Å². The minimum absolute atomic E-state index is 0.133. The maximum Gasteiger partial charge on any atom is 0.337 e. The number of methoxy groups -OCH3 is 1. The Kier molecular flexibility index (Phi) is 6.41. The SMILES string of the molecule is COC(=O)c1ccc([C@H]2C[C@@H](C(=O)Nc3ccc(F)c(Cl)c3)N(C)S(=O)(=O)N2)cc1. The van der Waals surface area contributed by atoms with Gasteiger partial charge in [-0.2, -0.15) is 17.4 Å². The largest absolute Gasteiger partial charge is 0.465 e. The highest BCUT2D eigenvalue weighted by Crippen LogP contribution is 2.29. The van der Waals surface area contributed by atoms with Gasteiger partial charge in [-0.15, -0.1) is 0 Å². The summed E-state index contributed by atoms with van der Waals surface area (Å²) in [4.78, 5) is 24.4. The second kappa shape index (κ2) is 8.68. The fourth-order valence-electron chi connectivity index (χ4n) is 3.10. The Balaban J connectivity index is 1.82. The van der Waals surface area contributed by atoms with Crippen LogP contribution in [0, 0.1) is 5.82 Å². The maximum atomic E-state index is 13.3. The summed E-state index contributed by atoms with van der Waals surface area (Å²) in [6.45, 7) is 0. The lowest BCUT2D eigenvalue weighted by molar-refractivity contribution is -0.120.